The average Bonchev–Trinajstić information content (AvgIpc) is 2.75. The highest BCUT2D eigenvalue weighted by molar-refractivity contribution is 7.92. The first-order valence-electron chi connectivity index (χ1n) is 5.63. The van der Waals surface area contributed by atoms with Gasteiger partial charge in [-0.25, -0.2) is 8.42 Å². The van der Waals surface area contributed by atoms with Gasteiger partial charge in [0.1, 0.15) is 0 Å². The molecule has 0 aliphatic carbocycles. The van der Waals surface area contributed by atoms with Crippen molar-refractivity contribution in [3.05, 3.63) is 23.2 Å². The van der Waals surface area contributed by atoms with Crippen molar-refractivity contribution in [3.63, 3.8) is 0 Å². The van der Waals surface area contributed by atoms with Crippen LogP contribution in [0, 0.1) is 0 Å². The van der Waals surface area contributed by atoms with Gasteiger partial charge in [-0.05, 0) is 31.0 Å². The zero-order valence-electron chi connectivity index (χ0n) is 9.73. The van der Waals surface area contributed by atoms with Crippen LogP contribution < -0.4 is 10.5 Å². The summed E-state index contributed by atoms with van der Waals surface area (Å²) in [4.78, 5) is 0. The minimum atomic E-state index is -3.42. The van der Waals surface area contributed by atoms with E-state index in [0.29, 0.717) is 23.0 Å². The lowest BCUT2D eigenvalue weighted by Gasteiger charge is -2.12. The molecule has 2 rings (SSSR count). The lowest BCUT2D eigenvalue weighted by atomic mass is 10.3. The average molecular weight is 291 g/mol. The zero-order chi connectivity index (χ0) is 13.2. The van der Waals surface area contributed by atoms with E-state index in [9.17, 15) is 8.42 Å². The number of halogens is 1. The van der Waals surface area contributed by atoms with Crippen LogP contribution in [0.15, 0.2) is 18.2 Å². The van der Waals surface area contributed by atoms with Crippen molar-refractivity contribution in [2.75, 3.05) is 22.8 Å². The highest BCUT2D eigenvalue weighted by Crippen LogP contribution is 2.23. The summed E-state index contributed by atoms with van der Waals surface area (Å²) in [5.74, 6) is -0.0322. The summed E-state index contributed by atoms with van der Waals surface area (Å²) in [7, 11) is -3.42. The van der Waals surface area contributed by atoms with Gasteiger partial charge in [0.05, 0.1) is 28.3 Å². The number of nitrogens with one attached hydrogen (secondary N) is 1. The Morgan fingerprint density at radius 1 is 1.50 bits per heavy atom. The normalized spacial score (nSPS) is 19.9. The largest absolute Gasteiger partial charge is 0.397 e. The number of anilines is 2. The van der Waals surface area contributed by atoms with Crippen molar-refractivity contribution < 1.29 is 13.2 Å². The molecule has 0 aromatic heterocycles. The smallest absolute Gasteiger partial charge is 0.235 e. The van der Waals surface area contributed by atoms with E-state index in [0.717, 1.165) is 12.8 Å². The monoisotopic (exact) mass is 290 g/mol. The molecule has 100 valence electrons. The van der Waals surface area contributed by atoms with Crippen LogP contribution in [0.2, 0.25) is 5.02 Å². The Balaban J connectivity index is 2.04. The molecule has 1 unspecified atom stereocenters. The highest BCUT2D eigenvalue weighted by Gasteiger charge is 2.23. The first kappa shape index (κ1) is 13.5. The number of rotatable bonds is 4. The van der Waals surface area contributed by atoms with E-state index in [4.69, 9.17) is 22.1 Å². The number of hydrogen-bond acceptors (Lipinski definition) is 4. The minimum absolute atomic E-state index is 0.0322. The summed E-state index contributed by atoms with van der Waals surface area (Å²) in [5, 5.41) is 0.400. The van der Waals surface area contributed by atoms with Gasteiger partial charge in [0.15, 0.2) is 0 Å². The van der Waals surface area contributed by atoms with Gasteiger partial charge in [0.25, 0.3) is 0 Å². The molecule has 3 N–H and O–H groups in total. The number of nitrogen functional groups attached to an aromatic ring is 1. The maximum Gasteiger partial charge on any atom is 0.235 e. The van der Waals surface area contributed by atoms with Gasteiger partial charge in [0.2, 0.25) is 10.0 Å². The molecule has 5 nitrogen and oxygen atoms in total. The summed E-state index contributed by atoms with van der Waals surface area (Å²) in [5.41, 5.74) is 6.37. The Labute approximate surface area is 111 Å². The molecule has 0 spiro atoms. The third-order valence-corrected chi connectivity index (χ3v) is 4.40. The summed E-state index contributed by atoms with van der Waals surface area (Å²) >= 11 is 5.77. The third kappa shape index (κ3) is 3.51. The quantitative estimate of drug-likeness (QED) is 0.829. The Morgan fingerprint density at radius 2 is 2.28 bits per heavy atom. The van der Waals surface area contributed by atoms with Crippen molar-refractivity contribution >= 4 is 33.0 Å². The van der Waals surface area contributed by atoms with Gasteiger partial charge in [0, 0.05) is 6.61 Å². The molecular weight excluding hydrogens is 276 g/mol. The molecule has 1 aromatic carbocycles. The fraction of sp³-hybridized carbons (Fsp3) is 0.455. The lowest BCUT2D eigenvalue weighted by Crippen LogP contribution is -2.25. The number of hydrogen-bond donors (Lipinski definition) is 2. The number of nitrogens with two attached hydrogens (primary N) is 1. The highest BCUT2D eigenvalue weighted by atomic mass is 35.5. The third-order valence-electron chi connectivity index (χ3n) is 2.70. The first-order valence-corrected chi connectivity index (χ1v) is 7.66. The molecular formula is C11H15ClN2O3S. The molecule has 1 aromatic rings. The van der Waals surface area contributed by atoms with Crippen LogP contribution in [-0.4, -0.2) is 26.9 Å². The molecule has 1 saturated heterocycles. The Bertz CT molecular complexity index is 527. The second kappa shape index (κ2) is 5.34. The molecule has 1 fully saturated rings. The Hall–Kier alpha value is -0.980. The van der Waals surface area contributed by atoms with Crippen LogP contribution in [0.5, 0.6) is 0 Å². The Kier molecular flexibility index (Phi) is 3.99. The summed E-state index contributed by atoms with van der Waals surface area (Å²) in [6.07, 6.45) is 1.48. The van der Waals surface area contributed by atoms with Gasteiger partial charge in [-0.2, -0.15) is 0 Å². The predicted octanol–water partition coefficient (Wildman–Crippen LogP) is 1.84. The molecule has 0 bridgehead atoms. The van der Waals surface area contributed by atoms with Crippen molar-refractivity contribution in [1.29, 1.82) is 0 Å². The molecule has 0 saturated carbocycles. The van der Waals surface area contributed by atoms with Crippen molar-refractivity contribution in [2.24, 2.45) is 0 Å². The summed E-state index contributed by atoms with van der Waals surface area (Å²) in [6, 6.07) is 4.63. The van der Waals surface area contributed by atoms with E-state index in [2.05, 4.69) is 4.72 Å². The molecule has 1 aliphatic heterocycles. The molecule has 1 aliphatic rings. The van der Waals surface area contributed by atoms with Gasteiger partial charge >= 0.3 is 0 Å². The van der Waals surface area contributed by atoms with Crippen LogP contribution in [-0.2, 0) is 14.8 Å². The second-order valence-electron chi connectivity index (χ2n) is 4.25. The molecule has 18 heavy (non-hydrogen) atoms. The van der Waals surface area contributed by atoms with E-state index in [1.54, 1.807) is 12.1 Å². The standard InChI is InChI=1S/C11H15ClN2O3S/c12-10-4-3-8(6-11(10)13)14-18(15,16)7-9-2-1-5-17-9/h3-4,6,9,14H,1-2,5,7,13H2. The van der Waals surface area contributed by atoms with Gasteiger partial charge in [-0.3, -0.25) is 4.72 Å². The van der Waals surface area contributed by atoms with Crippen LogP contribution >= 0.6 is 11.6 Å². The zero-order valence-corrected chi connectivity index (χ0v) is 11.3. The SMILES string of the molecule is Nc1cc(NS(=O)(=O)CC2CCCO2)ccc1Cl. The molecule has 0 radical (unpaired) electrons. The van der Waals surface area contributed by atoms with Gasteiger partial charge < -0.3 is 10.5 Å². The fourth-order valence-electron chi connectivity index (χ4n) is 1.85. The van der Waals surface area contributed by atoms with Gasteiger partial charge in [-0.15, -0.1) is 0 Å². The number of ether oxygens (including phenoxy) is 1. The molecule has 1 heterocycles. The number of benzene rings is 1. The van der Waals surface area contributed by atoms with Crippen LogP contribution in [0.4, 0.5) is 11.4 Å². The van der Waals surface area contributed by atoms with Crippen LogP contribution in [0.3, 0.4) is 0 Å². The summed E-state index contributed by atoms with van der Waals surface area (Å²) < 4.78 is 31.5. The van der Waals surface area contributed by atoms with Crippen LogP contribution in [0.1, 0.15) is 12.8 Å². The maximum absolute atomic E-state index is 11.9. The second-order valence-corrected chi connectivity index (χ2v) is 6.43. The Morgan fingerprint density at radius 3 is 2.89 bits per heavy atom. The molecule has 7 heteroatoms. The van der Waals surface area contributed by atoms with Crippen molar-refractivity contribution in [1.82, 2.24) is 0 Å². The maximum atomic E-state index is 11.9. The predicted molar refractivity (Wildman–Crippen MR) is 72.2 cm³/mol. The fourth-order valence-corrected chi connectivity index (χ4v) is 3.29. The molecule has 1 atom stereocenters. The first-order chi connectivity index (χ1) is 8.46. The molecule has 0 amide bonds. The van der Waals surface area contributed by atoms with E-state index < -0.39 is 10.0 Å². The van der Waals surface area contributed by atoms with E-state index in [-0.39, 0.29) is 11.9 Å². The van der Waals surface area contributed by atoms with E-state index in [1.807, 2.05) is 0 Å². The van der Waals surface area contributed by atoms with E-state index >= 15 is 0 Å². The van der Waals surface area contributed by atoms with E-state index in [1.165, 1.54) is 6.07 Å². The number of sulfonamides is 1. The van der Waals surface area contributed by atoms with Crippen LogP contribution in [0.25, 0.3) is 0 Å². The van der Waals surface area contributed by atoms with Gasteiger partial charge in [-0.1, -0.05) is 11.6 Å². The summed E-state index contributed by atoms with van der Waals surface area (Å²) in [6.45, 7) is 0.633. The topological polar surface area (TPSA) is 81.4 Å². The van der Waals surface area contributed by atoms with Crippen molar-refractivity contribution in [3.8, 4) is 0 Å². The lowest BCUT2D eigenvalue weighted by molar-refractivity contribution is 0.127. The minimum Gasteiger partial charge on any atom is -0.397 e. The van der Waals surface area contributed by atoms with Crippen molar-refractivity contribution in [2.45, 2.75) is 18.9 Å².